The molecule has 2 aromatic rings. The largest absolute Gasteiger partial charge is 0.493 e. The molecular formula is C20H22O5. The lowest BCUT2D eigenvalue weighted by Crippen LogP contribution is -2.17. The number of ether oxygens (including phenoxy) is 4. The first-order valence-corrected chi connectivity index (χ1v) is 8.32. The molecule has 1 aliphatic heterocycles. The van der Waals surface area contributed by atoms with Gasteiger partial charge in [-0.2, -0.15) is 0 Å². The summed E-state index contributed by atoms with van der Waals surface area (Å²) in [6.07, 6.45) is 0. The molecule has 0 amide bonds. The zero-order valence-corrected chi connectivity index (χ0v) is 14.7. The Kier molecular flexibility index (Phi) is 5.12. The zero-order chi connectivity index (χ0) is 17.8. The molecule has 0 aromatic heterocycles. The van der Waals surface area contributed by atoms with Crippen molar-refractivity contribution < 1.29 is 23.7 Å². The maximum absolute atomic E-state index is 12.4. The van der Waals surface area contributed by atoms with Gasteiger partial charge in [-0.3, -0.25) is 0 Å². The van der Waals surface area contributed by atoms with Gasteiger partial charge in [-0.1, -0.05) is 38.1 Å². The van der Waals surface area contributed by atoms with Crippen LogP contribution in [0.2, 0.25) is 0 Å². The summed E-state index contributed by atoms with van der Waals surface area (Å²) in [7, 11) is 1.53. The molecule has 1 aliphatic rings. The van der Waals surface area contributed by atoms with Crippen molar-refractivity contribution in [2.75, 3.05) is 20.3 Å². The number of carbonyl (C=O) groups is 1. The van der Waals surface area contributed by atoms with E-state index < -0.39 is 5.97 Å². The predicted molar refractivity (Wildman–Crippen MR) is 93.6 cm³/mol. The van der Waals surface area contributed by atoms with E-state index in [1.807, 2.05) is 12.1 Å². The second-order valence-corrected chi connectivity index (χ2v) is 6.18. The van der Waals surface area contributed by atoms with Crippen molar-refractivity contribution >= 4 is 5.97 Å². The third-order valence-electron chi connectivity index (χ3n) is 4.08. The standard InChI is InChI=1S/C20H22O5/c1-13(2)15-6-4-14(5-7-15)12-25-20(21)16-10-17(22-3)19-18(11-16)23-8-9-24-19/h4-7,10-11,13H,8-9,12H2,1-3H3. The Morgan fingerprint density at radius 1 is 1.12 bits per heavy atom. The van der Waals surface area contributed by atoms with Crippen LogP contribution in [0.4, 0.5) is 0 Å². The Morgan fingerprint density at radius 3 is 2.52 bits per heavy atom. The van der Waals surface area contributed by atoms with Crippen LogP contribution in [0.25, 0.3) is 0 Å². The Hall–Kier alpha value is -2.69. The van der Waals surface area contributed by atoms with Crippen molar-refractivity contribution in [3.05, 3.63) is 53.1 Å². The molecule has 5 nitrogen and oxygen atoms in total. The number of hydrogen-bond acceptors (Lipinski definition) is 5. The molecule has 0 unspecified atom stereocenters. The molecule has 132 valence electrons. The van der Waals surface area contributed by atoms with E-state index in [1.165, 1.54) is 12.7 Å². The third-order valence-corrected chi connectivity index (χ3v) is 4.08. The Labute approximate surface area is 147 Å². The maximum atomic E-state index is 12.4. The second-order valence-electron chi connectivity index (χ2n) is 6.18. The summed E-state index contributed by atoms with van der Waals surface area (Å²) in [6, 6.07) is 11.3. The first-order chi connectivity index (χ1) is 12.1. The maximum Gasteiger partial charge on any atom is 0.338 e. The minimum Gasteiger partial charge on any atom is -0.493 e. The SMILES string of the molecule is COc1cc(C(=O)OCc2ccc(C(C)C)cc2)cc2c1OCCO2. The van der Waals surface area contributed by atoms with E-state index in [0.29, 0.717) is 41.9 Å². The molecule has 0 radical (unpaired) electrons. The van der Waals surface area contributed by atoms with Crippen molar-refractivity contribution in [3.8, 4) is 17.2 Å². The molecule has 5 heteroatoms. The van der Waals surface area contributed by atoms with Crippen LogP contribution in [-0.4, -0.2) is 26.3 Å². The van der Waals surface area contributed by atoms with Crippen molar-refractivity contribution in [1.29, 1.82) is 0 Å². The summed E-state index contributed by atoms with van der Waals surface area (Å²) in [6.45, 7) is 5.40. The molecule has 0 N–H and O–H groups in total. The average molecular weight is 342 g/mol. The molecule has 0 bridgehead atoms. The quantitative estimate of drug-likeness (QED) is 0.770. The van der Waals surface area contributed by atoms with Crippen LogP contribution >= 0.6 is 0 Å². The summed E-state index contributed by atoms with van der Waals surface area (Å²) >= 11 is 0. The van der Waals surface area contributed by atoms with Crippen LogP contribution in [0.5, 0.6) is 17.2 Å². The molecular weight excluding hydrogens is 320 g/mol. The van der Waals surface area contributed by atoms with E-state index in [9.17, 15) is 4.79 Å². The molecule has 0 spiro atoms. The first-order valence-electron chi connectivity index (χ1n) is 8.32. The highest BCUT2D eigenvalue weighted by Crippen LogP contribution is 2.40. The highest BCUT2D eigenvalue weighted by molar-refractivity contribution is 5.91. The van der Waals surface area contributed by atoms with Gasteiger partial charge < -0.3 is 18.9 Å². The first kappa shape index (κ1) is 17.1. The number of carbonyl (C=O) groups excluding carboxylic acids is 1. The Morgan fingerprint density at radius 2 is 1.84 bits per heavy atom. The summed E-state index contributed by atoms with van der Waals surface area (Å²) in [4.78, 5) is 12.4. The molecule has 1 heterocycles. The fraction of sp³-hybridized carbons (Fsp3) is 0.350. The summed E-state index contributed by atoms with van der Waals surface area (Å²) in [5.74, 6) is 1.53. The lowest BCUT2D eigenvalue weighted by atomic mass is 10.0. The number of methoxy groups -OCH3 is 1. The average Bonchev–Trinajstić information content (AvgIpc) is 2.65. The van der Waals surface area contributed by atoms with Gasteiger partial charge in [0.2, 0.25) is 5.75 Å². The van der Waals surface area contributed by atoms with Crippen LogP contribution in [-0.2, 0) is 11.3 Å². The number of hydrogen-bond donors (Lipinski definition) is 0. The molecule has 0 saturated heterocycles. The molecule has 0 aliphatic carbocycles. The second kappa shape index (κ2) is 7.47. The third kappa shape index (κ3) is 3.87. The highest BCUT2D eigenvalue weighted by Gasteiger charge is 2.21. The van der Waals surface area contributed by atoms with E-state index in [2.05, 4.69) is 26.0 Å². The minimum atomic E-state index is -0.428. The van der Waals surface area contributed by atoms with Crippen molar-refractivity contribution in [1.82, 2.24) is 0 Å². The van der Waals surface area contributed by atoms with Crippen LogP contribution in [0.3, 0.4) is 0 Å². The highest BCUT2D eigenvalue weighted by atomic mass is 16.6. The molecule has 3 rings (SSSR count). The molecule has 0 saturated carbocycles. The number of esters is 1. The van der Waals surface area contributed by atoms with Gasteiger partial charge in [-0.25, -0.2) is 4.79 Å². The number of benzene rings is 2. The fourth-order valence-corrected chi connectivity index (χ4v) is 2.62. The lowest BCUT2D eigenvalue weighted by Gasteiger charge is -2.21. The lowest BCUT2D eigenvalue weighted by molar-refractivity contribution is 0.0471. The van der Waals surface area contributed by atoms with E-state index in [1.54, 1.807) is 12.1 Å². The van der Waals surface area contributed by atoms with Crippen LogP contribution in [0, 0.1) is 0 Å². The van der Waals surface area contributed by atoms with E-state index >= 15 is 0 Å². The summed E-state index contributed by atoms with van der Waals surface area (Å²) in [5, 5.41) is 0. The minimum absolute atomic E-state index is 0.216. The Balaban J connectivity index is 1.70. The van der Waals surface area contributed by atoms with E-state index in [-0.39, 0.29) is 6.61 Å². The summed E-state index contributed by atoms with van der Waals surface area (Å²) < 4.78 is 21.8. The van der Waals surface area contributed by atoms with Gasteiger partial charge in [0.05, 0.1) is 12.7 Å². The topological polar surface area (TPSA) is 54.0 Å². The fourth-order valence-electron chi connectivity index (χ4n) is 2.62. The van der Waals surface area contributed by atoms with Gasteiger partial charge in [-0.15, -0.1) is 0 Å². The molecule has 0 atom stereocenters. The van der Waals surface area contributed by atoms with E-state index in [4.69, 9.17) is 18.9 Å². The van der Waals surface area contributed by atoms with Gasteiger partial charge in [0, 0.05) is 0 Å². The number of rotatable bonds is 5. The van der Waals surface area contributed by atoms with Crippen LogP contribution in [0.1, 0.15) is 41.3 Å². The number of fused-ring (bicyclic) bond motifs is 1. The van der Waals surface area contributed by atoms with Crippen LogP contribution in [0.15, 0.2) is 36.4 Å². The molecule has 25 heavy (non-hydrogen) atoms. The molecule has 2 aromatic carbocycles. The van der Waals surface area contributed by atoms with Gasteiger partial charge in [0.15, 0.2) is 11.5 Å². The summed E-state index contributed by atoms with van der Waals surface area (Å²) in [5.41, 5.74) is 2.58. The zero-order valence-electron chi connectivity index (χ0n) is 14.7. The Bertz CT molecular complexity index is 732. The predicted octanol–water partition coefficient (Wildman–Crippen LogP) is 3.95. The monoisotopic (exact) mass is 342 g/mol. The smallest absolute Gasteiger partial charge is 0.338 e. The van der Waals surface area contributed by atoms with Crippen molar-refractivity contribution in [2.24, 2.45) is 0 Å². The van der Waals surface area contributed by atoms with E-state index in [0.717, 1.165) is 5.56 Å². The van der Waals surface area contributed by atoms with Crippen LogP contribution < -0.4 is 14.2 Å². The van der Waals surface area contributed by atoms with Gasteiger partial charge >= 0.3 is 5.97 Å². The molecule has 0 fully saturated rings. The van der Waals surface area contributed by atoms with Crippen molar-refractivity contribution in [2.45, 2.75) is 26.4 Å². The van der Waals surface area contributed by atoms with Gasteiger partial charge in [-0.05, 0) is 29.2 Å². The normalized spacial score (nSPS) is 12.8. The van der Waals surface area contributed by atoms with Crippen molar-refractivity contribution in [3.63, 3.8) is 0 Å². The van der Waals surface area contributed by atoms with Gasteiger partial charge in [0.1, 0.15) is 19.8 Å². The van der Waals surface area contributed by atoms with Gasteiger partial charge in [0.25, 0.3) is 0 Å².